The average molecular weight is 699 g/mol. The zero-order valence-corrected chi connectivity index (χ0v) is 28.1. The highest BCUT2D eigenvalue weighted by Crippen LogP contribution is 2.40. The zero-order valence-electron chi connectivity index (χ0n) is 28.1. The fourth-order valence-corrected chi connectivity index (χ4v) is 5.78. The van der Waals surface area contributed by atoms with Crippen molar-refractivity contribution in [2.24, 2.45) is 5.73 Å². The molecule has 0 aliphatic carbocycles. The van der Waals surface area contributed by atoms with Gasteiger partial charge in [-0.05, 0) is 37.5 Å². The van der Waals surface area contributed by atoms with E-state index in [0.29, 0.717) is 36.5 Å². The summed E-state index contributed by atoms with van der Waals surface area (Å²) in [4.78, 5) is 59.5. The second-order valence-corrected chi connectivity index (χ2v) is 11.9. The van der Waals surface area contributed by atoms with E-state index >= 15 is 0 Å². The Hall–Kier alpha value is -6.28. The molecular weight excluding hydrogens is 660 g/mol. The van der Waals surface area contributed by atoms with Crippen molar-refractivity contribution >= 4 is 29.6 Å². The maximum absolute atomic E-state index is 13.8. The first-order valence-electron chi connectivity index (χ1n) is 15.9. The highest BCUT2D eigenvalue weighted by atomic mass is 16.6. The van der Waals surface area contributed by atoms with Crippen molar-refractivity contribution in [3.05, 3.63) is 147 Å². The summed E-state index contributed by atoms with van der Waals surface area (Å²) in [7, 11) is 0. The summed E-state index contributed by atoms with van der Waals surface area (Å²) in [5.74, 6) is -4.89. The molecule has 0 bridgehead atoms. The van der Waals surface area contributed by atoms with E-state index < -0.39 is 46.9 Å². The zero-order chi connectivity index (χ0) is 37.2. The van der Waals surface area contributed by atoms with E-state index in [2.05, 4.69) is 34.5 Å². The number of rotatable bonds is 11. The summed E-state index contributed by atoms with van der Waals surface area (Å²) in [5, 5.41) is 30.1. The van der Waals surface area contributed by atoms with Crippen LogP contribution in [-0.4, -0.2) is 69.2 Å². The van der Waals surface area contributed by atoms with Crippen LogP contribution < -0.4 is 11.1 Å². The number of ether oxygens (including phenoxy) is 2. The molecule has 0 aromatic heterocycles. The molecule has 14 nitrogen and oxygen atoms in total. The number of carbonyl (C=O) groups is 4. The van der Waals surface area contributed by atoms with Gasteiger partial charge in [-0.25, -0.2) is 19.2 Å². The fourth-order valence-electron chi connectivity index (χ4n) is 5.78. The highest BCUT2D eigenvalue weighted by molar-refractivity contribution is 6.00. The molecule has 2 heterocycles. The predicted molar refractivity (Wildman–Crippen MR) is 185 cm³/mol. The second kappa shape index (κ2) is 16.9. The molecule has 5 rings (SSSR count). The molecule has 3 aromatic rings. The number of nitro groups is 1. The molecule has 3 aromatic carbocycles. The summed E-state index contributed by atoms with van der Waals surface area (Å²) < 4.78 is 11.5. The molecule has 1 saturated heterocycles. The molecule has 0 saturated carbocycles. The molecule has 5 N–H and O–H groups in total. The lowest BCUT2D eigenvalue weighted by molar-refractivity contribution is -0.384. The number of hydrogen-bond donors (Lipinski definition) is 4. The maximum atomic E-state index is 13.8. The molecule has 14 heteroatoms. The number of likely N-dealkylation sites (tertiary alicyclic amines) is 1. The number of nitrogens with two attached hydrogens (primary N) is 1. The number of allylic oxidation sites excluding steroid dienone is 1. The molecule has 1 fully saturated rings. The number of non-ortho nitro benzene ring substituents is 1. The molecule has 0 spiro atoms. The lowest BCUT2D eigenvalue weighted by Gasteiger charge is -2.44. The quantitative estimate of drug-likeness (QED) is 0.0947. The third-order valence-corrected chi connectivity index (χ3v) is 7.90. The Labute approximate surface area is 293 Å². The normalized spacial score (nSPS) is 16.2. The Morgan fingerprint density at radius 1 is 0.882 bits per heavy atom. The van der Waals surface area contributed by atoms with Crippen LogP contribution in [0.3, 0.4) is 0 Å². The summed E-state index contributed by atoms with van der Waals surface area (Å²) in [6.07, 6.45) is 0.261. The lowest BCUT2D eigenvalue weighted by Crippen LogP contribution is -2.54. The fraction of sp³-hybridized carbons (Fsp3) is 0.243. The molecule has 2 aliphatic rings. The first kappa shape index (κ1) is 37.5. The average Bonchev–Trinajstić information content (AvgIpc) is 3.06. The summed E-state index contributed by atoms with van der Waals surface area (Å²) in [5.41, 5.74) is 9.31. The molecule has 0 radical (unpaired) electrons. The Morgan fingerprint density at radius 3 is 1.92 bits per heavy atom. The van der Waals surface area contributed by atoms with Crippen molar-refractivity contribution < 1.29 is 43.8 Å². The van der Waals surface area contributed by atoms with Crippen LogP contribution >= 0.6 is 0 Å². The van der Waals surface area contributed by atoms with Crippen LogP contribution in [0.4, 0.5) is 5.69 Å². The molecule has 51 heavy (non-hydrogen) atoms. The van der Waals surface area contributed by atoms with E-state index in [4.69, 9.17) is 25.4 Å². The van der Waals surface area contributed by atoms with Gasteiger partial charge in [0.25, 0.3) is 5.69 Å². The van der Waals surface area contributed by atoms with Gasteiger partial charge >= 0.3 is 23.9 Å². The van der Waals surface area contributed by atoms with Crippen molar-refractivity contribution in [2.45, 2.75) is 44.9 Å². The third-order valence-electron chi connectivity index (χ3n) is 7.90. The van der Waals surface area contributed by atoms with Crippen LogP contribution in [0.15, 0.2) is 120 Å². The van der Waals surface area contributed by atoms with E-state index in [1.165, 1.54) is 18.2 Å². The van der Waals surface area contributed by atoms with Crippen LogP contribution in [0.25, 0.3) is 0 Å². The van der Waals surface area contributed by atoms with Gasteiger partial charge in [-0.15, -0.1) is 0 Å². The van der Waals surface area contributed by atoms with Crippen LogP contribution in [0.1, 0.15) is 49.4 Å². The van der Waals surface area contributed by atoms with Crippen molar-refractivity contribution in [3.63, 3.8) is 0 Å². The number of carboxylic acid groups (broad SMARTS) is 2. The van der Waals surface area contributed by atoms with Crippen molar-refractivity contribution in [1.29, 1.82) is 0 Å². The number of aliphatic carboxylic acids is 2. The number of carbonyl (C=O) groups excluding carboxylic acids is 2. The summed E-state index contributed by atoms with van der Waals surface area (Å²) in [6, 6.07) is 26.0. The van der Waals surface area contributed by atoms with E-state index in [9.17, 15) is 29.3 Å². The Morgan fingerprint density at radius 2 is 1.43 bits per heavy atom. The van der Waals surface area contributed by atoms with Crippen LogP contribution in [-0.2, 0) is 28.7 Å². The van der Waals surface area contributed by atoms with Crippen molar-refractivity contribution in [1.82, 2.24) is 10.2 Å². The van der Waals surface area contributed by atoms with Crippen molar-refractivity contribution in [3.8, 4) is 0 Å². The third kappa shape index (κ3) is 9.67. The topological polar surface area (TPSA) is 212 Å². The highest BCUT2D eigenvalue weighted by Gasteiger charge is 2.42. The molecule has 2 aliphatic heterocycles. The number of nitro benzene ring substituents is 1. The monoisotopic (exact) mass is 698 g/mol. The Bertz CT molecular complexity index is 1810. The van der Waals surface area contributed by atoms with Gasteiger partial charge in [0.15, 0.2) is 0 Å². The SMILES string of the molecule is CC1=C(C(=O)OC(C)C)C(c2cccc([N+](=O)[O-])c2)C(C(=O)OC2CN(C(c3ccccc3)c3ccccc3)C2)=C(N)N1.O=C(O)/C=C\C(=O)O. The van der Waals surface area contributed by atoms with Gasteiger partial charge in [-0.1, -0.05) is 72.8 Å². The smallest absolute Gasteiger partial charge is 0.339 e. The van der Waals surface area contributed by atoms with E-state index in [0.717, 1.165) is 11.1 Å². The van der Waals surface area contributed by atoms with Crippen LogP contribution in [0.5, 0.6) is 0 Å². The number of dihydropyridines is 1. The standard InChI is InChI=1S/C33H34N4O6.C4H4O4/c1-20(2)42-32(38)27-21(3)35-31(34)29(28(27)24-15-10-16-25(17-24)37(40)41)33(39)43-26-18-36(19-26)30(22-11-6-4-7-12-22)23-13-8-5-9-14-23;5-3(6)1-2-4(7)8/h4-17,20,26,28,30,35H,18-19,34H2,1-3H3;1-2H,(H,5,6)(H,7,8)/b;2-1-. The van der Waals surface area contributed by atoms with E-state index in [1.54, 1.807) is 26.8 Å². The Balaban J connectivity index is 0.000000652. The van der Waals surface area contributed by atoms with Gasteiger partial charge < -0.3 is 30.7 Å². The first-order valence-corrected chi connectivity index (χ1v) is 15.9. The minimum Gasteiger partial charge on any atom is -0.478 e. The minimum absolute atomic E-state index is 0.00271. The predicted octanol–water partition coefficient (Wildman–Crippen LogP) is 4.41. The summed E-state index contributed by atoms with van der Waals surface area (Å²) in [6.45, 7) is 6.05. The van der Waals surface area contributed by atoms with Gasteiger partial charge in [0.05, 0.1) is 34.1 Å². The number of esters is 2. The maximum Gasteiger partial charge on any atom is 0.339 e. The number of hydrogen-bond acceptors (Lipinski definition) is 11. The molecule has 1 atom stereocenters. The summed E-state index contributed by atoms with van der Waals surface area (Å²) >= 11 is 0. The molecule has 0 amide bonds. The van der Waals surface area contributed by atoms with Gasteiger partial charge in [0.2, 0.25) is 0 Å². The number of carboxylic acids is 2. The largest absolute Gasteiger partial charge is 0.478 e. The van der Waals surface area contributed by atoms with Gasteiger partial charge in [0.1, 0.15) is 11.9 Å². The number of nitrogens with zero attached hydrogens (tertiary/aromatic N) is 2. The van der Waals surface area contributed by atoms with Gasteiger partial charge in [-0.3, -0.25) is 15.0 Å². The molecule has 266 valence electrons. The number of nitrogens with one attached hydrogen (secondary N) is 1. The van der Waals surface area contributed by atoms with E-state index in [-0.39, 0.29) is 28.7 Å². The van der Waals surface area contributed by atoms with Crippen LogP contribution in [0, 0.1) is 10.1 Å². The Kier molecular flexibility index (Phi) is 12.4. The van der Waals surface area contributed by atoms with Gasteiger partial charge in [0, 0.05) is 43.1 Å². The van der Waals surface area contributed by atoms with Crippen molar-refractivity contribution in [2.75, 3.05) is 13.1 Å². The van der Waals surface area contributed by atoms with Crippen LogP contribution in [0.2, 0.25) is 0 Å². The van der Waals surface area contributed by atoms with E-state index in [1.807, 2.05) is 36.4 Å². The van der Waals surface area contributed by atoms with Gasteiger partial charge in [-0.2, -0.15) is 0 Å². The first-order chi connectivity index (χ1) is 24.3. The minimum atomic E-state index is -1.26. The lowest BCUT2D eigenvalue weighted by atomic mass is 9.81. The number of benzene rings is 3. The molecular formula is C37H38N4O10. The second-order valence-electron chi connectivity index (χ2n) is 11.9. The molecule has 1 unspecified atom stereocenters.